The van der Waals surface area contributed by atoms with Crippen LogP contribution in [0.25, 0.3) is 0 Å². The minimum atomic E-state index is -3.14. The zero-order chi connectivity index (χ0) is 17.2. The fourth-order valence-electron chi connectivity index (χ4n) is 3.63. The molecule has 1 unspecified atom stereocenters. The van der Waals surface area contributed by atoms with Gasteiger partial charge < -0.3 is 15.0 Å². The van der Waals surface area contributed by atoms with E-state index in [4.69, 9.17) is 4.74 Å². The lowest BCUT2D eigenvalue weighted by Crippen LogP contribution is -2.52. The first-order chi connectivity index (χ1) is 11.4. The molecule has 7 nitrogen and oxygen atoms in total. The van der Waals surface area contributed by atoms with Crippen molar-refractivity contribution in [3.05, 3.63) is 0 Å². The first-order valence-electron chi connectivity index (χ1n) is 9.02. The maximum Gasteiger partial charge on any atom is 0.225 e. The van der Waals surface area contributed by atoms with E-state index in [1.165, 1.54) is 17.0 Å². The molecule has 3 fully saturated rings. The lowest BCUT2D eigenvalue weighted by molar-refractivity contribution is -0.139. The number of hydrogen-bond donors (Lipinski definition) is 1. The van der Waals surface area contributed by atoms with Gasteiger partial charge in [-0.1, -0.05) is 6.42 Å². The van der Waals surface area contributed by atoms with Crippen molar-refractivity contribution in [1.29, 1.82) is 0 Å². The molecule has 1 saturated carbocycles. The summed E-state index contributed by atoms with van der Waals surface area (Å²) in [4.78, 5) is 14.3. The van der Waals surface area contributed by atoms with Crippen LogP contribution in [-0.4, -0.2) is 81.3 Å². The Kier molecular flexibility index (Phi) is 5.79. The average molecular weight is 359 g/mol. The summed E-state index contributed by atoms with van der Waals surface area (Å²) in [6.45, 7) is 3.63. The van der Waals surface area contributed by atoms with Gasteiger partial charge in [0.05, 0.1) is 19.0 Å². The maximum absolute atomic E-state index is 12.2. The number of likely N-dealkylation sites (tertiary alicyclic amines) is 1. The lowest BCUT2D eigenvalue weighted by atomic mass is 9.84. The molecule has 24 heavy (non-hydrogen) atoms. The number of nitrogens with one attached hydrogen (secondary N) is 1. The quantitative estimate of drug-likeness (QED) is 0.749. The average Bonchev–Trinajstić information content (AvgIpc) is 2.51. The Balaban J connectivity index is 1.38. The van der Waals surface area contributed by atoms with Gasteiger partial charge in [0.1, 0.15) is 0 Å². The van der Waals surface area contributed by atoms with Crippen LogP contribution in [0.5, 0.6) is 0 Å². The van der Waals surface area contributed by atoms with E-state index in [1.54, 1.807) is 0 Å². The van der Waals surface area contributed by atoms with Crippen molar-refractivity contribution in [3.63, 3.8) is 0 Å². The smallest absolute Gasteiger partial charge is 0.225 e. The molecule has 0 spiro atoms. The van der Waals surface area contributed by atoms with Crippen LogP contribution in [0.15, 0.2) is 0 Å². The third-order valence-electron chi connectivity index (χ3n) is 5.47. The predicted molar refractivity (Wildman–Crippen MR) is 91.1 cm³/mol. The predicted octanol–water partition coefficient (Wildman–Crippen LogP) is 0.0275. The van der Waals surface area contributed by atoms with Crippen molar-refractivity contribution in [1.82, 2.24) is 14.5 Å². The highest BCUT2D eigenvalue weighted by Gasteiger charge is 2.32. The van der Waals surface area contributed by atoms with E-state index in [0.717, 1.165) is 38.8 Å². The summed E-state index contributed by atoms with van der Waals surface area (Å²) >= 11 is 0. The van der Waals surface area contributed by atoms with Gasteiger partial charge in [-0.05, 0) is 25.7 Å². The molecule has 2 heterocycles. The van der Waals surface area contributed by atoms with Gasteiger partial charge in [0.2, 0.25) is 15.9 Å². The number of amides is 1. The molecule has 0 aromatic heterocycles. The summed E-state index contributed by atoms with van der Waals surface area (Å²) in [6, 6.07) is 0.382. The largest absolute Gasteiger partial charge is 0.374 e. The Bertz CT molecular complexity index is 542. The number of sulfonamides is 1. The Morgan fingerprint density at radius 1 is 1.17 bits per heavy atom. The molecule has 1 aliphatic carbocycles. The van der Waals surface area contributed by atoms with Gasteiger partial charge in [-0.15, -0.1) is 0 Å². The SMILES string of the molecule is CS(=O)(=O)N1CCOC(CNC2CCN(C(=O)C3CCC3)CC2)C1. The number of nitrogens with zero attached hydrogens (tertiary/aromatic N) is 2. The number of rotatable bonds is 5. The summed E-state index contributed by atoms with van der Waals surface area (Å²) < 4.78 is 30.4. The van der Waals surface area contributed by atoms with Crippen molar-refractivity contribution in [2.45, 2.75) is 44.2 Å². The first kappa shape index (κ1) is 18.1. The van der Waals surface area contributed by atoms with Crippen LogP contribution in [0.3, 0.4) is 0 Å². The molecule has 0 bridgehead atoms. The minimum Gasteiger partial charge on any atom is -0.374 e. The zero-order valence-corrected chi connectivity index (χ0v) is 15.3. The molecule has 0 aromatic carbocycles. The molecule has 8 heteroatoms. The summed E-state index contributed by atoms with van der Waals surface area (Å²) in [6.07, 6.45) is 6.39. The summed E-state index contributed by atoms with van der Waals surface area (Å²) in [5, 5.41) is 3.50. The van der Waals surface area contributed by atoms with E-state index in [1.807, 2.05) is 4.90 Å². The van der Waals surface area contributed by atoms with Crippen LogP contribution in [0.2, 0.25) is 0 Å². The van der Waals surface area contributed by atoms with E-state index in [0.29, 0.717) is 38.2 Å². The Labute approximate surface area is 144 Å². The topological polar surface area (TPSA) is 79.0 Å². The van der Waals surface area contributed by atoms with E-state index in [-0.39, 0.29) is 12.0 Å². The van der Waals surface area contributed by atoms with Crippen LogP contribution in [-0.2, 0) is 19.6 Å². The number of piperidine rings is 1. The monoisotopic (exact) mass is 359 g/mol. The molecule has 0 radical (unpaired) electrons. The zero-order valence-electron chi connectivity index (χ0n) is 14.4. The van der Waals surface area contributed by atoms with Crippen molar-refractivity contribution in [2.24, 2.45) is 5.92 Å². The molecular formula is C16H29N3O4S. The second-order valence-corrected chi connectivity index (χ2v) is 9.23. The molecule has 2 saturated heterocycles. The van der Waals surface area contributed by atoms with Crippen LogP contribution in [0.4, 0.5) is 0 Å². The highest BCUT2D eigenvalue weighted by Crippen LogP contribution is 2.29. The van der Waals surface area contributed by atoms with Gasteiger partial charge in [-0.2, -0.15) is 4.31 Å². The van der Waals surface area contributed by atoms with E-state index >= 15 is 0 Å². The highest BCUT2D eigenvalue weighted by molar-refractivity contribution is 7.88. The molecule has 1 amide bonds. The molecule has 3 aliphatic rings. The third kappa shape index (κ3) is 4.47. The first-order valence-corrected chi connectivity index (χ1v) is 10.9. The highest BCUT2D eigenvalue weighted by atomic mass is 32.2. The fourth-order valence-corrected chi connectivity index (χ4v) is 4.48. The summed E-state index contributed by atoms with van der Waals surface area (Å²) in [5.74, 6) is 0.631. The van der Waals surface area contributed by atoms with Crippen molar-refractivity contribution < 1.29 is 17.9 Å². The molecule has 1 atom stereocenters. The minimum absolute atomic E-state index is 0.0943. The Hall–Kier alpha value is -0.700. The van der Waals surface area contributed by atoms with Crippen LogP contribution < -0.4 is 5.32 Å². The number of carbonyl (C=O) groups excluding carboxylic acids is 1. The second-order valence-electron chi connectivity index (χ2n) is 7.25. The molecule has 0 aromatic rings. The van der Waals surface area contributed by atoms with E-state index in [9.17, 15) is 13.2 Å². The van der Waals surface area contributed by atoms with Gasteiger partial charge in [-0.3, -0.25) is 4.79 Å². The number of morpholine rings is 1. The van der Waals surface area contributed by atoms with Crippen LogP contribution in [0.1, 0.15) is 32.1 Å². The lowest BCUT2D eigenvalue weighted by Gasteiger charge is -2.37. The van der Waals surface area contributed by atoms with Gasteiger partial charge in [0.15, 0.2) is 0 Å². The maximum atomic E-state index is 12.2. The molecule has 138 valence electrons. The summed E-state index contributed by atoms with van der Waals surface area (Å²) in [5.41, 5.74) is 0. The molecular weight excluding hydrogens is 330 g/mol. The number of carbonyl (C=O) groups is 1. The van der Waals surface area contributed by atoms with E-state index < -0.39 is 10.0 Å². The van der Waals surface area contributed by atoms with Crippen molar-refractivity contribution in [2.75, 3.05) is 45.6 Å². The van der Waals surface area contributed by atoms with Crippen LogP contribution in [0, 0.1) is 5.92 Å². The van der Waals surface area contributed by atoms with Crippen LogP contribution >= 0.6 is 0 Å². The van der Waals surface area contributed by atoms with Gasteiger partial charge in [0, 0.05) is 44.7 Å². The van der Waals surface area contributed by atoms with Gasteiger partial charge >= 0.3 is 0 Å². The third-order valence-corrected chi connectivity index (χ3v) is 6.74. The Morgan fingerprint density at radius 2 is 1.88 bits per heavy atom. The molecule has 3 rings (SSSR count). The normalized spacial score (nSPS) is 27.9. The number of hydrogen-bond acceptors (Lipinski definition) is 5. The summed E-state index contributed by atoms with van der Waals surface area (Å²) in [7, 11) is -3.14. The fraction of sp³-hybridized carbons (Fsp3) is 0.938. The van der Waals surface area contributed by atoms with Crippen molar-refractivity contribution in [3.8, 4) is 0 Å². The number of ether oxygens (including phenoxy) is 1. The van der Waals surface area contributed by atoms with Crippen molar-refractivity contribution >= 4 is 15.9 Å². The second kappa shape index (κ2) is 7.68. The van der Waals surface area contributed by atoms with Gasteiger partial charge in [-0.25, -0.2) is 8.42 Å². The van der Waals surface area contributed by atoms with Gasteiger partial charge in [0.25, 0.3) is 0 Å². The Morgan fingerprint density at radius 3 is 2.46 bits per heavy atom. The molecule has 1 N–H and O–H groups in total. The standard InChI is InChI=1S/C16H29N3O4S/c1-24(21,22)19-9-10-23-15(12-19)11-17-14-5-7-18(8-6-14)16(20)13-3-2-4-13/h13-15,17H,2-12H2,1H3. The van der Waals surface area contributed by atoms with E-state index in [2.05, 4.69) is 5.32 Å². The molecule has 2 aliphatic heterocycles.